The molecule has 2 aromatic rings. The number of hydrogen-bond donors (Lipinski definition) is 1. The number of aliphatic hydroxyl groups is 1. The number of aromatic nitrogens is 1. The van der Waals surface area contributed by atoms with Gasteiger partial charge in [0.2, 0.25) is 0 Å². The topological polar surface area (TPSA) is 33.1 Å². The summed E-state index contributed by atoms with van der Waals surface area (Å²) in [5, 5.41) is 11.3. The molecule has 128 valence electrons. The molecule has 0 amide bonds. The summed E-state index contributed by atoms with van der Waals surface area (Å²) >= 11 is 0. The molecule has 1 aromatic heterocycles. The Balaban J connectivity index is 0.00000288. The zero-order valence-electron chi connectivity index (χ0n) is 14.5. The number of pyridine rings is 1. The number of nitrogens with zero attached hydrogens (tertiary/aromatic N) is 2. The zero-order valence-corrected chi connectivity index (χ0v) is 16.1. The monoisotopic (exact) mass is 388 g/mol. The Morgan fingerprint density at radius 3 is 2.21 bits per heavy atom. The third kappa shape index (κ3) is 4.67. The van der Waals surface area contributed by atoms with Crippen molar-refractivity contribution in [1.82, 2.24) is 4.98 Å². The molecule has 1 unspecified atom stereocenters. The Kier molecular flexibility index (Phi) is 7.62. The molecular weight excluding hydrogens is 364 g/mol. The van der Waals surface area contributed by atoms with Gasteiger partial charge in [-0.3, -0.25) is 4.98 Å². The van der Waals surface area contributed by atoms with E-state index in [-0.39, 0.29) is 17.0 Å². The van der Waals surface area contributed by atoms with Crippen molar-refractivity contribution in [2.45, 2.75) is 19.4 Å². The lowest BCUT2D eigenvalue weighted by atomic mass is 9.90. The van der Waals surface area contributed by atoms with Crippen LogP contribution in [0, 0.1) is 11.8 Å². The van der Waals surface area contributed by atoms with Crippen LogP contribution >= 0.6 is 0 Å². The molecule has 0 saturated heterocycles. The summed E-state index contributed by atoms with van der Waals surface area (Å²) in [6.45, 7) is 7.05. The van der Waals surface area contributed by atoms with Gasteiger partial charge in [0.05, 0.1) is 25.8 Å². The molecule has 1 N–H and O–H groups in total. The van der Waals surface area contributed by atoms with Crippen LogP contribution in [-0.4, -0.2) is 41.3 Å². The van der Waals surface area contributed by atoms with Crippen molar-refractivity contribution in [3.8, 4) is 11.8 Å². The fourth-order valence-electron chi connectivity index (χ4n) is 2.35. The first-order chi connectivity index (χ1) is 11.0. The van der Waals surface area contributed by atoms with E-state index in [2.05, 4.69) is 37.7 Å². The van der Waals surface area contributed by atoms with E-state index in [1.54, 1.807) is 6.20 Å². The first kappa shape index (κ1) is 20.4. The van der Waals surface area contributed by atoms with Gasteiger partial charge in [-0.05, 0) is 31.9 Å². The summed E-state index contributed by atoms with van der Waals surface area (Å²) in [5.74, 6) is 6.28. The van der Waals surface area contributed by atoms with Crippen LogP contribution in [0.4, 0.5) is 0 Å². The maximum atomic E-state index is 11.3. The second-order valence-electron chi connectivity index (χ2n) is 6.00. The smallest absolute Gasteiger partial charge is 0.194 e. The maximum Gasteiger partial charge on any atom is 0.194 e. The molecule has 24 heavy (non-hydrogen) atoms. The maximum absolute atomic E-state index is 11.3. The van der Waals surface area contributed by atoms with Crippen molar-refractivity contribution in [2.24, 2.45) is 0 Å². The van der Waals surface area contributed by atoms with E-state index < -0.39 is 5.60 Å². The lowest BCUT2D eigenvalue weighted by molar-refractivity contribution is -0.899. The van der Waals surface area contributed by atoms with E-state index in [4.69, 9.17) is 0 Å². The van der Waals surface area contributed by atoms with Crippen LogP contribution in [0.3, 0.4) is 0 Å². The summed E-state index contributed by atoms with van der Waals surface area (Å²) < 4.78 is 0.861. The van der Waals surface area contributed by atoms with Gasteiger partial charge in [0.25, 0.3) is 0 Å². The van der Waals surface area contributed by atoms with E-state index >= 15 is 0 Å². The minimum absolute atomic E-state index is 0. The second kappa shape index (κ2) is 8.98. The van der Waals surface area contributed by atoms with Gasteiger partial charge in [-0.1, -0.05) is 42.3 Å². The second-order valence-corrected chi connectivity index (χ2v) is 6.00. The highest BCUT2D eigenvalue weighted by molar-refractivity contribution is 5.41. The average molecular weight is 389 g/mol. The highest BCUT2D eigenvalue weighted by atomic mass is 79.9. The first-order valence-corrected chi connectivity index (χ1v) is 8.07. The van der Waals surface area contributed by atoms with Gasteiger partial charge in [-0.25, -0.2) is 0 Å². The van der Waals surface area contributed by atoms with Crippen LogP contribution in [0.15, 0.2) is 54.7 Å². The summed E-state index contributed by atoms with van der Waals surface area (Å²) in [5.41, 5.74) is -0.0798. The number of hydrogen-bond acceptors (Lipinski definition) is 2. The van der Waals surface area contributed by atoms with Crippen LogP contribution in [0.1, 0.15) is 25.1 Å². The third-order valence-electron chi connectivity index (χ3n) is 4.48. The van der Waals surface area contributed by atoms with Crippen LogP contribution < -0.4 is 17.0 Å². The van der Waals surface area contributed by atoms with Crippen LogP contribution in [0.25, 0.3) is 0 Å². The van der Waals surface area contributed by atoms with Crippen molar-refractivity contribution in [2.75, 3.05) is 26.7 Å². The van der Waals surface area contributed by atoms with Gasteiger partial charge in [-0.15, -0.1) is 0 Å². The molecule has 2 rings (SSSR count). The van der Waals surface area contributed by atoms with Crippen molar-refractivity contribution in [1.29, 1.82) is 0 Å². The van der Waals surface area contributed by atoms with Gasteiger partial charge in [-0.2, -0.15) is 0 Å². The Bertz CT molecular complexity index is 634. The molecule has 1 atom stereocenters. The highest BCUT2D eigenvalue weighted by Gasteiger charge is 2.31. The molecule has 3 nitrogen and oxygen atoms in total. The molecule has 1 heterocycles. The molecule has 0 radical (unpaired) electrons. The van der Waals surface area contributed by atoms with Crippen LogP contribution in [-0.2, 0) is 5.60 Å². The third-order valence-corrected chi connectivity index (χ3v) is 4.48. The first-order valence-electron chi connectivity index (χ1n) is 8.07. The average Bonchev–Trinajstić information content (AvgIpc) is 2.63. The predicted octanol–water partition coefficient (Wildman–Crippen LogP) is -0.189. The molecule has 0 spiro atoms. The fraction of sp³-hybridized carbons (Fsp3) is 0.350. The molecule has 0 saturated carbocycles. The van der Waals surface area contributed by atoms with Crippen LogP contribution in [0.2, 0.25) is 0 Å². The molecule has 0 fully saturated rings. The predicted molar refractivity (Wildman–Crippen MR) is 93.6 cm³/mol. The van der Waals surface area contributed by atoms with E-state index in [9.17, 15) is 5.11 Å². The molecule has 0 aliphatic heterocycles. The number of benzene rings is 1. The molecule has 4 heteroatoms. The Morgan fingerprint density at radius 1 is 1.04 bits per heavy atom. The zero-order chi connectivity index (χ0) is 16.8. The van der Waals surface area contributed by atoms with Crippen molar-refractivity contribution in [3.63, 3.8) is 0 Å². The lowest BCUT2D eigenvalue weighted by Gasteiger charge is -2.30. The van der Waals surface area contributed by atoms with E-state index in [0.29, 0.717) is 12.2 Å². The van der Waals surface area contributed by atoms with E-state index in [1.165, 1.54) is 0 Å². The summed E-state index contributed by atoms with van der Waals surface area (Å²) in [6.07, 6.45) is 1.68. The Labute approximate surface area is 155 Å². The van der Waals surface area contributed by atoms with Gasteiger partial charge in [0.1, 0.15) is 6.54 Å². The summed E-state index contributed by atoms with van der Waals surface area (Å²) in [4.78, 5) is 4.33. The van der Waals surface area contributed by atoms with Crippen LogP contribution in [0.5, 0.6) is 0 Å². The fourth-order valence-corrected chi connectivity index (χ4v) is 2.35. The normalized spacial score (nSPS) is 13.2. The van der Waals surface area contributed by atoms with Crippen molar-refractivity contribution >= 4 is 0 Å². The minimum Gasteiger partial charge on any atom is -1.00 e. The molecule has 0 bridgehead atoms. The summed E-state index contributed by atoms with van der Waals surface area (Å²) in [6, 6.07) is 15.0. The van der Waals surface area contributed by atoms with Gasteiger partial charge in [0, 0.05) is 11.8 Å². The van der Waals surface area contributed by atoms with Crippen molar-refractivity contribution < 1.29 is 26.6 Å². The summed E-state index contributed by atoms with van der Waals surface area (Å²) in [7, 11) is 2.18. The van der Waals surface area contributed by atoms with Gasteiger partial charge in [0.15, 0.2) is 5.60 Å². The van der Waals surface area contributed by atoms with E-state index in [1.807, 2.05) is 48.5 Å². The van der Waals surface area contributed by atoms with E-state index in [0.717, 1.165) is 23.1 Å². The number of rotatable bonds is 5. The molecular formula is C20H25BrN2O. The SMILES string of the molecule is CC[N+](C)(CC)CC#CC(O)(c1ccccc1)c1ccccn1.[Br-]. The number of halogens is 1. The van der Waals surface area contributed by atoms with Crippen molar-refractivity contribution in [3.05, 3.63) is 66.0 Å². The number of quaternary nitrogens is 1. The highest BCUT2D eigenvalue weighted by Crippen LogP contribution is 2.27. The molecule has 1 aromatic carbocycles. The minimum atomic E-state index is -1.38. The molecule has 0 aliphatic carbocycles. The molecule has 0 aliphatic rings. The quantitative estimate of drug-likeness (QED) is 0.568. The Hall–Kier alpha value is -1.67. The Morgan fingerprint density at radius 2 is 1.67 bits per heavy atom. The standard InChI is InChI=1S/C20H25N2O.BrH/c1-4-22(3,5-2)17-11-15-20(23,18-12-7-6-8-13-18)19-14-9-10-16-21-19;/h6-10,12-14,16,23H,4-5,17H2,1-3H3;1H/q+1;/p-1. The van der Waals surface area contributed by atoms with Gasteiger partial charge >= 0.3 is 0 Å². The lowest BCUT2D eigenvalue weighted by Crippen LogP contribution is -3.00. The van der Waals surface area contributed by atoms with Gasteiger partial charge < -0.3 is 26.6 Å². The largest absolute Gasteiger partial charge is 1.00 e.